The van der Waals surface area contributed by atoms with Crippen LogP contribution in [0.1, 0.15) is 58.6 Å². The highest BCUT2D eigenvalue weighted by atomic mass is 32.2. The Morgan fingerprint density at radius 3 is 2.26 bits per heavy atom. The Morgan fingerprint density at radius 2 is 1.74 bits per heavy atom. The molecule has 0 bridgehead atoms. The van der Waals surface area contributed by atoms with Crippen molar-refractivity contribution in [1.29, 1.82) is 0 Å². The van der Waals surface area contributed by atoms with E-state index in [1.54, 1.807) is 23.3 Å². The van der Waals surface area contributed by atoms with Crippen LogP contribution in [-0.2, 0) is 24.6 Å². The van der Waals surface area contributed by atoms with Crippen LogP contribution >= 0.6 is 23.3 Å². The summed E-state index contributed by atoms with van der Waals surface area (Å²) in [5, 5.41) is 4.08. The number of carbonyl (C=O) groups excluding carboxylic acids is 2. The molecule has 1 atom stereocenters. The van der Waals surface area contributed by atoms with Crippen LogP contribution in [0.2, 0.25) is 0 Å². The van der Waals surface area contributed by atoms with E-state index in [0.717, 1.165) is 43.1 Å². The Labute approximate surface area is 212 Å². The molecule has 1 saturated heterocycles. The van der Waals surface area contributed by atoms with Crippen molar-refractivity contribution in [3.05, 3.63) is 52.2 Å². The first kappa shape index (κ1) is 28.4. The quantitative estimate of drug-likeness (QED) is 0.277. The van der Waals surface area contributed by atoms with Gasteiger partial charge in [0.15, 0.2) is 0 Å². The molecule has 1 fully saturated rings. The SMILES string of the molecule is CC.COC(=O)CC(=O)CC(NSC(C)(C)C)(c1ccc(N2CCOCC2)cc1)c1ccsc1. The first-order valence-corrected chi connectivity index (χ1v) is 13.5. The standard InChI is InChI=1S/C24H32N2O4S2.C2H6/c1-23(2,3)32-25-24(19-9-14-31-17-19,16-21(27)15-22(28)29-4)18-5-7-20(8-6-18)26-10-12-30-13-11-26;1-2/h5-9,14,17,25H,10-13,15-16H2,1-4H3;1-2H3. The molecule has 0 radical (unpaired) electrons. The van der Waals surface area contributed by atoms with Crippen LogP contribution in [0.25, 0.3) is 0 Å². The number of methoxy groups -OCH3 is 1. The van der Waals surface area contributed by atoms with Crippen LogP contribution in [0.4, 0.5) is 5.69 Å². The maximum Gasteiger partial charge on any atom is 0.313 e. The molecule has 1 aliphatic rings. The number of rotatable bonds is 9. The number of Topliss-reactive ketones (excluding diaryl/α,β-unsaturated/α-hetero) is 1. The van der Waals surface area contributed by atoms with Gasteiger partial charge in [-0.2, -0.15) is 11.3 Å². The third-order valence-corrected chi connectivity index (χ3v) is 7.06. The number of thiophene rings is 1. The molecular weight excluding hydrogens is 468 g/mol. The minimum Gasteiger partial charge on any atom is -0.469 e. The van der Waals surface area contributed by atoms with Crippen molar-refractivity contribution in [3.63, 3.8) is 0 Å². The Kier molecular flexibility index (Phi) is 11.1. The monoisotopic (exact) mass is 506 g/mol. The molecular formula is C26H38N2O4S2. The number of benzene rings is 1. The van der Waals surface area contributed by atoms with Crippen molar-refractivity contribution >= 4 is 40.7 Å². The maximum absolute atomic E-state index is 13.0. The number of carbonyl (C=O) groups is 2. The van der Waals surface area contributed by atoms with Crippen molar-refractivity contribution in [3.8, 4) is 0 Å². The topological polar surface area (TPSA) is 67.9 Å². The molecule has 1 N–H and O–H groups in total. The summed E-state index contributed by atoms with van der Waals surface area (Å²) >= 11 is 3.18. The molecule has 0 saturated carbocycles. The lowest BCUT2D eigenvalue weighted by atomic mass is 9.80. The third kappa shape index (κ3) is 7.83. The molecule has 2 aromatic rings. The number of nitrogens with zero attached hydrogens (tertiary/aromatic N) is 1. The van der Waals surface area contributed by atoms with E-state index >= 15 is 0 Å². The van der Waals surface area contributed by atoms with Crippen molar-refractivity contribution in [2.24, 2.45) is 0 Å². The summed E-state index contributed by atoms with van der Waals surface area (Å²) < 4.78 is 13.8. The second kappa shape index (κ2) is 13.3. The van der Waals surface area contributed by atoms with E-state index in [9.17, 15) is 9.59 Å². The highest BCUT2D eigenvalue weighted by molar-refractivity contribution is 7.98. The van der Waals surface area contributed by atoms with Crippen LogP contribution in [0.15, 0.2) is 41.1 Å². The average molecular weight is 507 g/mol. The van der Waals surface area contributed by atoms with Gasteiger partial charge in [-0.3, -0.25) is 9.59 Å². The Bertz CT molecular complexity index is 889. The Hall–Kier alpha value is -1.87. The molecule has 6 nitrogen and oxygen atoms in total. The first-order chi connectivity index (χ1) is 16.2. The molecule has 34 heavy (non-hydrogen) atoms. The molecule has 1 aromatic carbocycles. The fraction of sp³-hybridized carbons (Fsp3) is 0.538. The first-order valence-electron chi connectivity index (χ1n) is 11.7. The number of hydrogen-bond donors (Lipinski definition) is 1. The third-order valence-electron chi connectivity index (χ3n) is 5.31. The Balaban J connectivity index is 0.00000199. The molecule has 0 spiro atoms. The number of nitrogens with one attached hydrogen (secondary N) is 1. The summed E-state index contributed by atoms with van der Waals surface area (Å²) in [5.74, 6) is -0.678. The van der Waals surface area contributed by atoms with Gasteiger partial charge in [0, 0.05) is 29.9 Å². The smallest absolute Gasteiger partial charge is 0.313 e. The van der Waals surface area contributed by atoms with Gasteiger partial charge in [-0.25, -0.2) is 4.72 Å². The summed E-state index contributed by atoms with van der Waals surface area (Å²) in [5.41, 5.74) is 2.38. The van der Waals surface area contributed by atoms with E-state index in [1.165, 1.54) is 7.11 Å². The molecule has 2 heterocycles. The van der Waals surface area contributed by atoms with Crippen LogP contribution < -0.4 is 9.62 Å². The summed E-state index contributed by atoms with van der Waals surface area (Å²) in [6.45, 7) is 13.6. The average Bonchev–Trinajstić information content (AvgIpc) is 3.39. The zero-order chi connectivity index (χ0) is 25.2. The Morgan fingerprint density at radius 1 is 1.09 bits per heavy atom. The van der Waals surface area contributed by atoms with Gasteiger partial charge in [0.25, 0.3) is 0 Å². The highest BCUT2D eigenvalue weighted by Crippen LogP contribution is 2.39. The minimum atomic E-state index is -0.757. The fourth-order valence-corrected chi connectivity index (χ4v) is 5.16. The molecule has 0 amide bonds. The van der Waals surface area contributed by atoms with Crippen molar-refractivity contribution in [2.75, 3.05) is 38.3 Å². The lowest BCUT2D eigenvalue weighted by Gasteiger charge is -2.37. The number of anilines is 1. The second-order valence-electron chi connectivity index (χ2n) is 8.85. The largest absolute Gasteiger partial charge is 0.469 e. The van der Waals surface area contributed by atoms with Gasteiger partial charge in [-0.15, -0.1) is 0 Å². The molecule has 3 rings (SSSR count). The van der Waals surface area contributed by atoms with Crippen LogP contribution in [0, 0.1) is 0 Å². The minimum absolute atomic E-state index is 0.0690. The summed E-state index contributed by atoms with van der Waals surface area (Å²) in [4.78, 5) is 27.1. The molecule has 1 aliphatic heterocycles. The van der Waals surface area contributed by atoms with Gasteiger partial charge in [0.2, 0.25) is 0 Å². The molecule has 1 aromatic heterocycles. The summed E-state index contributed by atoms with van der Waals surface area (Å²) in [6.07, 6.45) is -0.0884. The maximum atomic E-state index is 13.0. The molecule has 0 aliphatic carbocycles. The van der Waals surface area contributed by atoms with E-state index in [2.05, 4.69) is 60.0 Å². The van der Waals surface area contributed by atoms with E-state index in [-0.39, 0.29) is 23.4 Å². The number of ketones is 1. The number of esters is 1. The van der Waals surface area contributed by atoms with Gasteiger partial charge in [0.1, 0.15) is 12.2 Å². The number of ether oxygens (including phenoxy) is 2. The lowest BCUT2D eigenvalue weighted by Crippen LogP contribution is -2.43. The predicted octanol–water partition coefficient (Wildman–Crippen LogP) is 5.41. The van der Waals surface area contributed by atoms with Gasteiger partial charge >= 0.3 is 5.97 Å². The number of hydrogen-bond acceptors (Lipinski definition) is 8. The van der Waals surface area contributed by atoms with Gasteiger partial charge in [-0.1, -0.05) is 37.9 Å². The van der Waals surface area contributed by atoms with Crippen LogP contribution in [-0.4, -0.2) is 49.9 Å². The second-order valence-corrected chi connectivity index (χ2v) is 11.3. The predicted molar refractivity (Wildman–Crippen MR) is 143 cm³/mol. The molecule has 8 heteroatoms. The van der Waals surface area contributed by atoms with Crippen molar-refractivity contribution < 1.29 is 19.1 Å². The molecule has 1 unspecified atom stereocenters. The van der Waals surface area contributed by atoms with Crippen LogP contribution in [0.3, 0.4) is 0 Å². The summed E-state index contributed by atoms with van der Waals surface area (Å²) in [7, 11) is 1.31. The van der Waals surface area contributed by atoms with Crippen molar-refractivity contribution in [2.45, 2.75) is 57.7 Å². The molecule has 188 valence electrons. The van der Waals surface area contributed by atoms with Crippen LogP contribution in [0.5, 0.6) is 0 Å². The van der Waals surface area contributed by atoms with E-state index < -0.39 is 11.5 Å². The zero-order valence-corrected chi connectivity index (χ0v) is 22.8. The van der Waals surface area contributed by atoms with E-state index in [4.69, 9.17) is 9.47 Å². The van der Waals surface area contributed by atoms with Gasteiger partial charge < -0.3 is 14.4 Å². The van der Waals surface area contributed by atoms with Crippen molar-refractivity contribution in [1.82, 2.24) is 4.72 Å². The zero-order valence-electron chi connectivity index (χ0n) is 21.2. The number of morpholine rings is 1. The summed E-state index contributed by atoms with van der Waals surface area (Å²) in [6, 6.07) is 10.4. The van der Waals surface area contributed by atoms with E-state index in [1.807, 2.05) is 25.3 Å². The fourth-order valence-electron chi connectivity index (χ4n) is 3.64. The van der Waals surface area contributed by atoms with E-state index in [0.29, 0.717) is 0 Å². The lowest BCUT2D eigenvalue weighted by molar-refractivity contribution is -0.143. The van der Waals surface area contributed by atoms with Gasteiger partial charge in [0.05, 0.1) is 25.9 Å². The highest BCUT2D eigenvalue weighted by Gasteiger charge is 2.38. The van der Waals surface area contributed by atoms with Gasteiger partial charge in [-0.05, 0) is 60.9 Å². The normalized spacial score (nSPS) is 15.6.